The van der Waals surface area contributed by atoms with Gasteiger partial charge in [-0.25, -0.2) is 0 Å². The fraction of sp³-hybridized carbons (Fsp3) is 0.562. The van der Waals surface area contributed by atoms with Crippen LogP contribution in [-0.4, -0.2) is 12.6 Å². The van der Waals surface area contributed by atoms with Crippen molar-refractivity contribution < 1.29 is 4.74 Å². The lowest BCUT2D eigenvalue weighted by molar-refractivity contribution is 0.313. The minimum atomic E-state index is 0.480. The second-order valence-electron chi connectivity index (χ2n) is 5.04. The Morgan fingerprint density at radius 1 is 1.37 bits per heavy atom. The van der Waals surface area contributed by atoms with Crippen molar-refractivity contribution >= 4 is 5.69 Å². The van der Waals surface area contributed by atoms with Crippen molar-refractivity contribution in [2.75, 3.05) is 11.9 Å². The van der Waals surface area contributed by atoms with Crippen molar-refractivity contribution in [3.05, 3.63) is 24.3 Å². The number of anilines is 1. The molecule has 0 saturated carbocycles. The topological polar surface area (TPSA) is 45.0 Å². The maximum absolute atomic E-state index is 8.47. The first kappa shape index (κ1) is 15.4. The molecule has 0 saturated heterocycles. The molecule has 3 nitrogen and oxygen atoms in total. The Kier molecular flexibility index (Phi) is 6.81. The number of nitrogens with zero attached hydrogens (tertiary/aromatic N) is 1. The third-order valence-electron chi connectivity index (χ3n) is 3.13. The lowest BCUT2D eigenvalue weighted by Crippen LogP contribution is -2.24. The molecular formula is C16H24N2O. The lowest BCUT2D eigenvalue weighted by Gasteiger charge is -2.22. The minimum absolute atomic E-state index is 0.480. The molecule has 0 radical (unpaired) electrons. The third-order valence-corrected chi connectivity index (χ3v) is 3.13. The predicted molar refractivity (Wildman–Crippen MR) is 79.3 cm³/mol. The van der Waals surface area contributed by atoms with Gasteiger partial charge in [0.05, 0.1) is 12.7 Å². The zero-order chi connectivity index (χ0) is 14.1. The fourth-order valence-electron chi connectivity index (χ4n) is 1.97. The highest BCUT2D eigenvalue weighted by atomic mass is 16.5. The van der Waals surface area contributed by atoms with Crippen molar-refractivity contribution in [2.45, 2.75) is 46.1 Å². The van der Waals surface area contributed by atoms with E-state index in [9.17, 15) is 0 Å². The van der Waals surface area contributed by atoms with E-state index in [2.05, 4.69) is 38.2 Å². The quantitative estimate of drug-likeness (QED) is 0.712. The summed E-state index contributed by atoms with van der Waals surface area (Å²) >= 11 is 0. The Morgan fingerprint density at radius 3 is 2.79 bits per heavy atom. The maximum Gasteiger partial charge on any atom is 0.121 e. The van der Waals surface area contributed by atoms with Crippen LogP contribution in [0.25, 0.3) is 0 Å². The number of unbranched alkanes of at least 4 members (excludes halogenated alkanes) is 1. The number of benzene rings is 1. The van der Waals surface area contributed by atoms with Gasteiger partial charge in [0.25, 0.3) is 0 Å². The molecule has 0 amide bonds. The van der Waals surface area contributed by atoms with Crippen molar-refractivity contribution in [3.8, 4) is 11.8 Å². The molecule has 0 spiro atoms. The summed E-state index contributed by atoms with van der Waals surface area (Å²) in [7, 11) is 0. The molecule has 0 fully saturated rings. The molecule has 0 aliphatic carbocycles. The van der Waals surface area contributed by atoms with Crippen LogP contribution in [0.15, 0.2) is 24.3 Å². The summed E-state index contributed by atoms with van der Waals surface area (Å²) in [5, 5.41) is 12.0. The van der Waals surface area contributed by atoms with E-state index in [0.717, 1.165) is 24.3 Å². The average molecular weight is 260 g/mol. The average Bonchev–Trinajstić information content (AvgIpc) is 2.41. The summed E-state index contributed by atoms with van der Waals surface area (Å²) in [6.45, 7) is 7.24. The molecule has 0 aliphatic rings. The van der Waals surface area contributed by atoms with Crippen molar-refractivity contribution in [1.82, 2.24) is 0 Å². The number of nitrogens with one attached hydrogen (secondary N) is 1. The molecule has 0 aromatic heterocycles. The largest absolute Gasteiger partial charge is 0.493 e. The minimum Gasteiger partial charge on any atom is -0.493 e. The van der Waals surface area contributed by atoms with Gasteiger partial charge in [-0.05, 0) is 30.9 Å². The molecule has 104 valence electrons. The van der Waals surface area contributed by atoms with Gasteiger partial charge < -0.3 is 10.1 Å². The van der Waals surface area contributed by atoms with Gasteiger partial charge in [0, 0.05) is 24.2 Å². The van der Waals surface area contributed by atoms with Crippen molar-refractivity contribution in [1.29, 1.82) is 5.26 Å². The van der Waals surface area contributed by atoms with E-state index in [1.54, 1.807) is 0 Å². The first-order chi connectivity index (χ1) is 9.17. The number of nitriles is 1. The highest BCUT2D eigenvalue weighted by Gasteiger charge is 2.10. The van der Waals surface area contributed by atoms with E-state index in [4.69, 9.17) is 10.00 Å². The van der Waals surface area contributed by atoms with E-state index in [0.29, 0.717) is 25.0 Å². The zero-order valence-electron chi connectivity index (χ0n) is 12.1. The van der Waals surface area contributed by atoms with Gasteiger partial charge >= 0.3 is 0 Å². The van der Waals surface area contributed by atoms with E-state index >= 15 is 0 Å². The molecule has 3 heteroatoms. The van der Waals surface area contributed by atoms with Crippen LogP contribution in [0.2, 0.25) is 0 Å². The molecule has 1 rings (SSSR count). The SMILES string of the molecule is CCC(Nc1cccc(OCCCC#N)c1)C(C)C. The number of hydrogen-bond acceptors (Lipinski definition) is 3. The fourth-order valence-corrected chi connectivity index (χ4v) is 1.97. The van der Waals surface area contributed by atoms with Gasteiger partial charge in [-0.1, -0.05) is 26.8 Å². The molecule has 0 heterocycles. The smallest absolute Gasteiger partial charge is 0.121 e. The van der Waals surface area contributed by atoms with Crippen LogP contribution in [0, 0.1) is 17.2 Å². The van der Waals surface area contributed by atoms with Gasteiger partial charge in [-0.15, -0.1) is 0 Å². The summed E-state index contributed by atoms with van der Waals surface area (Å²) in [5.41, 5.74) is 1.10. The Morgan fingerprint density at radius 2 is 2.16 bits per heavy atom. The second-order valence-corrected chi connectivity index (χ2v) is 5.04. The molecule has 1 aromatic rings. The van der Waals surface area contributed by atoms with E-state index < -0.39 is 0 Å². The van der Waals surface area contributed by atoms with Crippen molar-refractivity contribution in [2.24, 2.45) is 5.92 Å². The van der Waals surface area contributed by atoms with Gasteiger partial charge in [0.1, 0.15) is 5.75 Å². The normalized spacial score (nSPS) is 11.9. The van der Waals surface area contributed by atoms with Gasteiger partial charge in [0.2, 0.25) is 0 Å². The summed E-state index contributed by atoms with van der Waals surface area (Å²) in [4.78, 5) is 0. The highest BCUT2D eigenvalue weighted by molar-refractivity contribution is 5.48. The summed E-state index contributed by atoms with van der Waals surface area (Å²) < 4.78 is 5.63. The Hall–Kier alpha value is -1.69. The highest BCUT2D eigenvalue weighted by Crippen LogP contribution is 2.20. The standard InChI is InChI=1S/C16H24N2O/c1-4-16(13(2)3)18-14-8-7-9-15(12-14)19-11-6-5-10-17/h7-9,12-13,16,18H,4-6,11H2,1-3H3. The maximum atomic E-state index is 8.47. The first-order valence-corrected chi connectivity index (χ1v) is 7.03. The van der Waals surface area contributed by atoms with Crippen LogP contribution in [-0.2, 0) is 0 Å². The van der Waals surface area contributed by atoms with Crippen LogP contribution in [0.3, 0.4) is 0 Å². The van der Waals surface area contributed by atoms with Gasteiger partial charge in [-0.3, -0.25) is 0 Å². The molecule has 0 aliphatic heterocycles. The molecular weight excluding hydrogens is 236 g/mol. The van der Waals surface area contributed by atoms with Crippen molar-refractivity contribution in [3.63, 3.8) is 0 Å². The number of rotatable bonds is 8. The van der Waals surface area contributed by atoms with Crippen LogP contribution >= 0.6 is 0 Å². The summed E-state index contributed by atoms with van der Waals surface area (Å²) in [6.07, 6.45) is 2.42. The Labute approximate surface area is 116 Å². The van der Waals surface area contributed by atoms with Crippen LogP contribution in [0.1, 0.15) is 40.0 Å². The van der Waals surface area contributed by atoms with Crippen LogP contribution < -0.4 is 10.1 Å². The Bertz CT molecular complexity index is 409. The van der Waals surface area contributed by atoms with Gasteiger partial charge in [-0.2, -0.15) is 5.26 Å². The van der Waals surface area contributed by atoms with Gasteiger partial charge in [0.15, 0.2) is 0 Å². The predicted octanol–water partition coefficient (Wildman–Crippen LogP) is 4.22. The van der Waals surface area contributed by atoms with E-state index in [-0.39, 0.29) is 0 Å². The second kappa shape index (κ2) is 8.42. The molecule has 1 atom stereocenters. The number of hydrogen-bond donors (Lipinski definition) is 1. The lowest BCUT2D eigenvalue weighted by atomic mass is 10.0. The van der Waals surface area contributed by atoms with E-state index in [1.807, 2.05) is 18.2 Å². The molecule has 1 N–H and O–H groups in total. The molecule has 19 heavy (non-hydrogen) atoms. The van der Waals surface area contributed by atoms with E-state index in [1.165, 1.54) is 0 Å². The molecule has 1 aromatic carbocycles. The zero-order valence-corrected chi connectivity index (χ0v) is 12.1. The van der Waals surface area contributed by atoms with Crippen LogP contribution in [0.5, 0.6) is 5.75 Å². The molecule has 1 unspecified atom stereocenters. The first-order valence-electron chi connectivity index (χ1n) is 7.03. The molecule has 0 bridgehead atoms. The van der Waals surface area contributed by atoms with Crippen LogP contribution in [0.4, 0.5) is 5.69 Å². The monoisotopic (exact) mass is 260 g/mol. The summed E-state index contributed by atoms with van der Waals surface area (Å²) in [5.74, 6) is 1.46. The Balaban J connectivity index is 2.54. The number of ether oxygens (including phenoxy) is 1. The third kappa shape index (κ3) is 5.65. The summed E-state index contributed by atoms with van der Waals surface area (Å²) in [6, 6.07) is 10.6.